The third-order valence-electron chi connectivity index (χ3n) is 4.84. The van der Waals surface area contributed by atoms with Crippen molar-refractivity contribution in [2.75, 3.05) is 19.7 Å². The number of halogens is 1. The molecule has 2 aromatic rings. The molecule has 1 heterocycles. The van der Waals surface area contributed by atoms with E-state index in [4.69, 9.17) is 15.4 Å². The minimum Gasteiger partial charge on any atom is -0.448 e. The number of fused-ring (bicyclic) bond motifs is 3. The van der Waals surface area contributed by atoms with Gasteiger partial charge in [0.1, 0.15) is 11.9 Å². The molecule has 1 aliphatic carbocycles. The summed E-state index contributed by atoms with van der Waals surface area (Å²) in [5.74, 6) is -0.00909. The predicted octanol–water partition coefficient (Wildman–Crippen LogP) is 3.19. The molecule has 1 aliphatic heterocycles. The van der Waals surface area contributed by atoms with Crippen LogP contribution in [-0.4, -0.2) is 44.4 Å². The minimum absolute atomic E-state index is 0.00909. The Kier molecular flexibility index (Phi) is 3.96. The molecule has 0 aromatic heterocycles. The number of hydrogen-bond acceptors (Lipinski definition) is 4. The lowest BCUT2D eigenvalue weighted by molar-refractivity contribution is 0.0803. The number of amides is 1. The van der Waals surface area contributed by atoms with Crippen LogP contribution in [0.25, 0.3) is 11.1 Å². The van der Waals surface area contributed by atoms with Crippen molar-refractivity contribution in [3.63, 3.8) is 0 Å². The second-order valence-electron chi connectivity index (χ2n) is 6.31. The molecular weight excluding hydrogens is 362 g/mol. The van der Waals surface area contributed by atoms with Crippen molar-refractivity contribution in [1.29, 1.82) is 0 Å². The van der Waals surface area contributed by atoms with Crippen LogP contribution in [0.3, 0.4) is 0 Å². The standard InChI is InChI=1S/C18H16ClNO4S/c19-25(22,23)12-9-20(10-12)18(21)24-11-17-15-7-3-1-5-13(15)14-6-2-4-8-16(14)17/h1-8,12,17H,9-11H2. The molecule has 1 saturated heterocycles. The van der Waals surface area contributed by atoms with Gasteiger partial charge in [0.2, 0.25) is 9.05 Å². The Morgan fingerprint density at radius 1 is 1.04 bits per heavy atom. The van der Waals surface area contributed by atoms with E-state index in [1.165, 1.54) is 4.90 Å². The third-order valence-corrected chi connectivity index (χ3v) is 6.69. The van der Waals surface area contributed by atoms with E-state index < -0.39 is 20.4 Å². The van der Waals surface area contributed by atoms with Crippen LogP contribution < -0.4 is 0 Å². The number of nitrogens with zero attached hydrogens (tertiary/aromatic N) is 1. The van der Waals surface area contributed by atoms with Gasteiger partial charge in [0.15, 0.2) is 0 Å². The fraction of sp³-hybridized carbons (Fsp3) is 0.278. The van der Waals surface area contributed by atoms with E-state index in [9.17, 15) is 13.2 Å². The summed E-state index contributed by atoms with van der Waals surface area (Å²) < 4.78 is 27.9. The first-order chi connectivity index (χ1) is 11.9. The Bertz CT molecular complexity index is 892. The van der Waals surface area contributed by atoms with Crippen LogP contribution in [-0.2, 0) is 13.8 Å². The summed E-state index contributed by atoms with van der Waals surface area (Å²) in [5, 5.41) is -0.699. The number of ether oxygens (including phenoxy) is 1. The topological polar surface area (TPSA) is 63.7 Å². The molecule has 0 bridgehead atoms. The molecule has 0 spiro atoms. The second kappa shape index (κ2) is 6.04. The molecule has 1 amide bonds. The van der Waals surface area contributed by atoms with Crippen molar-refractivity contribution in [2.24, 2.45) is 0 Å². The Balaban J connectivity index is 1.46. The van der Waals surface area contributed by atoms with Gasteiger partial charge in [-0.05, 0) is 22.3 Å². The maximum atomic E-state index is 12.1. The zero-order chi connectivity index (χ0) is 17.6. The molecule has 5 nitrogen and oxygen atoms in total. The number of likely N-dealkylation sites (tertiary alicyclic amines) is 1. The molecule has 7 heteroatoms. The van der Waals surface area contributed by atoms with Gasteiger partial charge in [0, 0.05) is 29.7 Å². The summed E-state index contributed by atoms with van der Waals surface area (Å²) in [7, 11) is 1.67. The van der Waals surface area contributed by atoms with Crippen LogP contribution in [0.2, 0.25) is 0 Å². The maximum absolute atomic E-state index is 12.1. The van der Waals surface area contributed by atoms with Crippen molar-refractivity contribution in [1.82, 2.24) is 4.90 Å². The van der Waals surface area contributed by atoms with Crippen LogP contribution in [0, 0.1) is 0 Å². The minimum atomic E-state index is -3.62. The molecule has 4 rings (SSSR count). The summed E-state index contributed by atoms with van der Waals surface area (Å²) in [6.07, 6.45) is -0.501. The van der Waals surface area contributed by atoms with Gasteiger partial charge in [-0.25, -0.2) is 13.2 Å². The largest absolute Gasteiger partial charge is 0.448 e. The summed E-state index contributed by atoms with van der Waals surface area (Å²) in [4.78, 5) is 13.5. The molecule has 0 atom stereocenters. The fourth-order valence-electron chi connectivity index (χ4n) is 3.45. The van der Waals surface area contributed by atoms with Gasteiger partial charge in [0.05, 0.1) is 0 Å². The van der Waals surface area contributed by atoms with E-state index in [2.05, 4.69) is 12.1 Å². The third kappa shape index (κ3) is 2.89. The number of carbonyl (C=O) groups excluding carboxylic acids is 1. The van der Waals surface area contributed by atoms with Gasteiger partial charge < -0.3 is 9.64 Å². The first kappa shape index (κ1) is 16.4. The molecule has 2 aromatic carbocycles. The van der Waals surface area contributed by atoms with Crippen molar-refractivity contribution < 1.29 is 17.9 Å². The highest BCUT2D eigenvalue weighted by atomic mass is 35.7. The number of hydrogen-bond donors (Lipinski definition) is 0. The lowest BCUT2D eigenvalue weighted by atomic mass is 9.98. The van der Waals surface area contributed by atoms with Crippen LogP contribution >= 0.6 is 10.7 Å². The maximum Gasteiger partial charge on any atom is 0.409 e. The molecule has 25 heavy (non-hydrogen) atoms. The first-order valence-electron chi connectivity index (χ1n) is 7.98. The van der Waals surface area contributed by atoms with Gasteiger partial charge in [0.25, 0.3) is 0 Å². The molecule has 0 unspecified atom stereocenters. The van der Waals surface area contributed by atoms with Crippen molar-refractivity contribution in [3.05, 3.63) is 59.7 Å². The SMILES string of the molecule is O=C(OCC1c2ccccc2-c2ccccc21)N1CC(S(=O)(=O)Cl)C1. The molecule has 0 N–H and O–H groups in total. The highest BCUT2D eigenvalue weighted by Gasteiger charge is 2.40. The number of carbonyl (C=O) groups is 1. The average Bonchev–Trinajstić information content (AvgIpc) is 2.84. The van der Waals surface area contributed by atoms with Gasteiger partial charge in [-0.15, -0.1) is 0 Å². The van der Waals surface area contributed by atoms with Crippen LogP contribution in [0.4, 0.5) is 4.79 Å². The summed E-state index contributed by atoms with van der Waals surface area (Å²) in [6, 6.07) is 16.2. The molecule has 2 aliphatic rings. The first-order valence-corrected chi connectivity index (χ1v) is 10.4. The zero-order valence-corrected chi connectivity index (χ0v) is 14.8. The highest BCUT2D eigenvalue weighted by Crippen LogP contribution is 2.44. The average molecular weight is 378 g/mol. The quantitative estimate of drug-likeness (QED) is 0.770. The Labute approximate surface area is 150 Å². The van der Waals surface area contributed by atoms with E-state index in [1.54, 1.807) is 0 Å². The number of rotatable bonds is 3. The fourth-order valence-corrected chi connectivity index (χ4v) is 4.50. The predicted molar refractivity (Wildman–Crippen MR) is 95.2 cm³/mol. The lowest BCUT2D eigenvalue weighted by Crippen LogP contribution is -2.56. The van der Waals surface area contributed by atoms with Gasteiger partial charge in [-0.2, -0.15) is 0 Å². The molecule has 0 radical (unpaired) electrons. The molecule has 130 valence electrons. The van der Waals surface area contributed by atoms with Crippen LogP contribution in [0.1, 0.15) is 17.0 Å². The summed E-state index contributed by atoms with van der Waals surface area (Å²) in [6.45, 7) is 0.396. The monoisotopic (exact) mass is 377 g/mol. The van der Waals surface area contributed by atoms with Crippen molar-refractivity contribution >= 4 is 25.8 Å². The molecular formula is C18H16ClNO4S. The van der Waals surface area contributed by atoms with Gasteiger partial charge in [-0.1, -0.05) is 48.5 Å². The van der Waals surface area contributed by atoms with Gasteiger partial charge >= 0.3 is 6.09 Å². The van der Waals surface area contributed by atoms with E-state index in [0.29, 0.717) is 0 Å². The van der Waals surface area contributed by atoms with E-state index in [-0.39, 0.29) is 25.6 Å². The summed E-state index contributed by atoms with van der Waals surface area (Å²) in [5.41, 5.74) is 4.61. The Morgan fingerprint density at radius 2 is 1.56 bits per heavy atom. The Morgan fingerprint density at radius 3 is 2.08 bits per heavy atom. The highest BCUT2D eigenvalue weighted by molar-refractivity contribution is 8.14. The van der Waals surface area contributed by atoms with E-state index in [1.807, 2.05) is 36.4 Å². The number of benzene rings is 2. The second-order valence-corrected chi connectivity index (χ2v) is 9.21. The Hall–Kier alpha value is -2.05. The van der Waals surface area contributed by atoms with Crippen molar-refractivity contribution in [3.8, 4) is 11.1 Å². The molecule has 0 saturated carbocycles. The normalized spacial score (nSPS) is 16.9. The van der Waals surface area contributed by atoms with Crippen molar-refractivity contribution in [2.45, 2.75) is 11.2 Å². The zero-order valence-electron chi connectivity index (χ0n) is 13.3. The van der Waals surface area contributed by atoms with Crippen LogP contribution in [0.5, 0.6) is 0 Å². The smallest absolute Gasteiger partial charge is 0.409 e. The van der Waals surface area contributed by atoms with Gasteiger partial charge in [-0.3, -0.25) is 0 Å². The van der Waals surface area contributed by atoms with E-state index >= 15 is 0 Å². The lowest BCUT2D eigenvalue weighted by Gasteiger charge is -2.36. The summed E-state index contributed by atoms with van der Waals surface area (Å²) >= 11 is 0. The van der Waals surface area contributed by atoms with E-state index in [0.717, 1.165) is 22.3 Å². The van der Waals surface area contributed by atoms with Crippen LogP contribution in [0.15, 0.2) is 48.5 Å². The molecule has 1 fully saturated rings.